The minimum Gasteiger partial charge on any atom is -0.465 e. The summed E-state index contributed by atoms with van der Waals surface area (Å²) in [6.45, 7) is 3.24. The van der Waals surface area contributed by atoms with E-state index in [0.717, 1.165) is 29.5 Å². The van der Waals surface area contributed by atoms with Crippen molar-refractivity contribution >= 4 is 46.9 Å². The first kappa shape index (κ1) is 23.0. The van der Waals surface area contributed by atoms with Gasteiger partial charge in [-0.25, -0.2) is 9.59 Å². The molecule has 1 amide bonds. The summed E-state index contributed by atoms with van der Waals surface area (Å²) in [4.78, 5) is 40.8. The van der Waals surface area contributed by atoms with Crippen molar-refractivity contribution in [3.05, 3.63) is 62.8 Å². The molecule has 0 unspecified atom stereocenters. The lowest BCUT2D eigenvalue weighted by atomic mass is 10.1. The van der Waals surface area contributed by atoms with Gasteiger partial charge in [-0.1, -0.05) is 23.7 Å². The zero-order valence-electron chi connectivity index (χ0n) is 17.1. The molecule has 164 valence electrons. The number of amides is 1. The molecule has 1 aliphatic rings. The number of nitrogens with zero attached hydrogens (tertiary/aromatic N) is 2. The number of thiophene rings is 1. The summed E-state index contributed by atoms with van der Waals surface area (Å²) in [6, 6.07) is 10.5. The van der Waals surface area contributed by atoms with Gasteiger partial charge in [0.25, 0.3) is 5.91 Å². The Morgan fingerprint density at radius 3 is 2.39 bits per heavy atom. The summed E-state index contributed by atoms with van der Waals surface area (Å²) in [7, 11) is 1.31. The lowest BCUT2D eigenvalue weighted by Crippen LogP contribution is -2.49. The van der Waals surface area contributed by atoms with E-state index in [4.69, 9.17) is 16.3 Å². The van der Waals surface area contributed by atoms with Crippen molar-refractivity contribution in [3.63, 3.8) is 0 Å². The average Bonchev–Trinajstić information content (AvgIpc) is 3.20. The van der Waals surface area contributed by atoms with Crippen LogP contribution in [-0.4, -0.2) is 67.5 Å². The number of piperazine rings is 1. The number of esters is 2. The molecule has 0 aliphatic carbocycles. The summed E-state index contributed by atoms with van der Waals surface area (Å²) in [5.74, 6) is -1.23. The maximum Gasteiger partial charge on any atom is 0.337 e. The lowest BCUT2D eigenvalue weighted by molar-refractivity contribution is -0.149. The molecule has 31 heavy (non-hydrogen) atoms. The second-order valence-electron chi connectivity index (χ2n) is 6.92. The first-order chi connectivity index (χ1) is 14.9. The summed E-state index contributed by atoms with van der Waals surface area (Å²) in [5, 5.41) is 0. The molecule has 2 aromatic rings. The Balaban J connectivity index is 1.38. The van der Waals surface area contributed by atoms with Crippen LogP contribution >= 0.6 is 22.9 Å². The van der Waals surface area contributed by atoms with Gasteiger partial charge in [-0.3, -0.25) is 9.69 Å². The molecule has 1 fully saturated rings. The van der Waals surface area contributed by atoms with Gasteiger partial charge in [0.2, 0.25) is 0 Å². The molecule has 7 nitrogen and oxygen atoms in total. The molecule has 0 N–H and O–H groups in total. The highest BCUT2D eigenvalue weighted by atomic mass is 35.5. The van der Waals surface area contributed by atoms with Gasteiger partial charge >= 0.3 is 11.9 Å². The number of hydrogen-bond donors (Lipinski definition) is 0. The number of carbonyl (C=O) groups excluding carboxylic acids is 3. The van der Waals surface area contributed by atoms with Crippen molar-refractivity contribution in [2.45, 2.75) is 6.54 Å². The lowest BCUT2D eigenvalue weighted by Gasteiger charge is -2.34. The third-order valence-electron chi connectivity index (χ3n) is 4.81. The number of methoxy groups -OCH3 is 1. The SMILES string of the molecule is COC(=O)c1ccc(/C=C/C(=O)OCC(=O)N2CCN(Cc3ccc(Cl)s3)CC2)cc1. The maximum atomic E-state index is 12.3. The van der Waals surface area contributed by atoms with Gasteiger partial charge < -0.3 is 14.4 Å². The van der Waals surface area contributed by atoms with Gasteiger partial charge in [-0.2, -0.15) is 0 Å². The molecule has 0 atom stereocenters. The fourth-order valence-corrected chi connectivity index (χ4v) is 4.23. The molecule has 1 aromatic carbocycles. The monoisotopic (exact) mass is 462 g/mol. The predicted molar refractivity (Wildman–Crippen MR) is 119 cm³/mol. The van der Waals surface area contributed by atoms with Gasteiger partial charge in [0, 0.05) is 43.7 Å². The second kappa shape index (κ2) is 11.1. The number of hydrogen-bond acceptors (Lipinski definition) is 7. The van der Waals surface area contributed by atoms with E-state index in [2.05, 4.69) is 9.64 Å². The van der Waals surface area contributed by atoms with E-state index in [9.17, 15) is 14.4 Å². The summed E-state index contributed by atoms with van der Waals surface area (Å²) in [6.07, 6.45) is 2.81. The molecule has 1 aliphatic heterocycles. The highest BCUT2D eigenvalue weighted by molar-refractivity contribution is 7.16. The van der Waals surface area contributed by atoms with Gasteiger partial charge in [-0.05, 0) is 35.9 Å². The number of carbonyl (C=O) groups is 3. The highest BCUT2D eigenvalue weighted by Crippen LogP contribution is 2.23. The van der Waals surface area contributed by atoms with Gasteiger partial charge in [0.05, 0.1) is 17.0 Å². The predicted octanol–water partition coefficient (Wildman–Crippen LogP) is 3.09. The smallest absolute Gasteiger partial charge is 0.337 e. The Kier molecular flexibility index (Phi) is 8.22. The summed E-state index contributed by atoms with van der Waals surface area (Å²) >= 11 is 7.53. The van der Waals surface area contributed by atoms with Crippen molar-refractivity contribution in [1.82, 2.24) is 9.80 Å². The van der Waals surface area contributed by atoms with Crippen molar-refractivity contribution in [1.29, 1.82) is 0 Å². The Morgan fingerprint density at radius 1 is 1.06 bits per heavy atom. The van der Waals surface area contributed by atoms with Crippen molar-refractivity contribution in [2.24, 2.45) is 0 Å². The molecule has 2 heterocycles. The number of ether oxygens (including phenoxy) is 2. The Labute approximate surface area is 189 Å². The molecule has 0 radical (unpaired) electrons. The van der Waals surface area contributed by atoms with Gasteiger partial charge in [-0.15, -0.1) is 11.3 Å². The molecule has 9 heteroatoms. The van der Waals surface area contributed by atoms with E-state index in [1.807, 2.05) is 12.1 Å². The number of benzene rings is 1. The van der Waals surface area contributed by atoms with Crippen LogP contribution < -0.4 is 0 Å². The third kappa shape index (κ3) is 6.92. The van der Waals surface area contributed by atoms with E-state index in [-0.39, 0.29) is 12.5 Å². The van der Waals surface area contributed by atoms with Crippen molar-refractivity contribution in [2.75, 3.05) is 39.9 Å². The first-order valence-electron chi connectivity index (χ1n) is 9.72. The molecule has 1 saturated heterocycles. The van der Waals surface area contributed by atoms with Gasteiger partial charge in [0.15, 0.2) is 6.61 Å². The quantitative estimate of drug-likeness (QED) is 0.465. The van der Waals surface area contributed by atoms with Crippen molar-refractivity contribution < 1.29 is 23.9 Å². The topological polar surface area (TPSA) is 76.2 Å². The van der Waals surface area contributed by atoms with E-state index < -0.39 is 11.9 Å². The van der Waals surface area contributed by atoms with E-state index >= 15 is 0 Å². The van der Waals surface area contributed by atoms with Crippen LogP contribution in [0.4, 0.5) is 0 Å². The van der Waals surface area contributed by atoms with E-state index in [1.165, 1.54) is 18.1 Å². The molecule has 0 spiro atoms. The first-order valence-corrected chi connectivity index (χ1v) is 10.9. The fraction of sp³-hybridized carbons (Fsp3) is 0.318. The van der Waals surface area contributed by atoms with Crippen LogP contribution in [0.3, 0.4) is 0 Å². The average molecular weight is 463 g/mol. The Bertz CT molecular complexity index is 949. The van der Waals surface area contributed by atoms with Crippen LogP contribution in [0, 0.1) is 0 Å². The summed E-state index contributed by atoms with van der Waals surface area (Å²) in [5.41, 5.74) is 1.14. The Hall–Kier alpha value is -2.68. The van der Waals surface area contributed by atoms with E-state index in [1.54, 1.807) is 46.6 Å². The minimum atomic E-state index is -0.599. The second-order valence-corrected chi connectivity index (χ2v) is 8.72. The summed E-state index contributed by atoms with van der Waals surface area (Å²) < 4.78 is 10.5. The molecule has 0 saturated carbocycles. The number of halogens is 1. The van der Waals surface area contributed by atoms with Crippen molar-refractivity contribution in [3.8, 4) is 0 Å². The zero-order valence-corrected chi connectivity index (χ0v) is 18.7. The molecule has 0 bridgehead atoms. The molecule has 1 aromatic heterocycles. The van der Waals surface area contributed by atoms with Crippen LogP contribution in [0.2, 0.25) is 4.34 Å². The van der Waals surface area contributed by atoms with Crippen LogP contribution in [0.15, 0.2) is 42.5 Å². The highest BCUT2D eigenvalue weighted by Gasteiger charge is 2.22. The standard InChI is InChI=1S/C22H23ClN2O5S/c1-29-22(28)17-5-2-16(3-6-17)4-9-21(27)30-15-20(26)25-12-10-24(11-13-25)14-18-7-8-19(23)31-18/h2-9H,10-15H2,1H3/b9-4+. The van der Waals surface area contributed by atoms with Crippen LogP contribution in [0.1, 0.15) is 20.8 Å². The largest absolute Gasteiger partial charge is 0.465 e. The molecular formula is C22H23ClN2O5S. The number of rotatable bonds is 7. The molecule has 3 rings (SSSR count). The van der Waals surface area contributed by atoms with E-state index in [0.29, 0.717) is 18.7 Å². The normalized spacial score (nSPS) is 14.6. The fourth-order valence-electron chi connectivity index (χ4n) is 3.10. The Morgan fingerprint density at radius 2 is 1.77 bits per heavy atom. The van der Waals surface area contributed by atoms with Crippen LogP contribution in [-0.2, 0) is 25.6 Å². The third-order valence-corrected chi connectivity index (χ3v) is 6.03. The molecular weight excluding hydrogens is 440 g/mol. The van der Waals surface area contributed by atoms with Crippen LogP contribution in [0.5, 0.6) is 0 Å². The minimum absolute atomic E-state index is 0.206. The zero-order chi connectivity index (χ0) is 22.2. The van der Waals surface area contributed by atoms with Crippen LogP contribution in [0.25, 0.3) is 6.08 Å². The van der Waals surface area contributed by atoms with Gasteiger partial charge in [0.1, 0.15) is 0 Å². The maximum absolute atomic E-state index is 12.3.